The quantitative estimate of drug-likeness (QED) is 0.615. The minimum atomic E-state index is -0.0735. The van der Waals surface area contributed by atoms with Crippen molar-refractivity contribution in [1.29, 1.82) is 5.26 Å². The summed E-state index contributed by atoms with van der Waals surface area (Å²) in [6, 6.07) is 2.58. The maximum Gasteiger partial charge on any atom is 0.109 e. The molecule has 1 aliphatic carbocycles. The molecular formula is C11H18N2. The van der Waals surface area contributed by atoms with E-state index in [1.165, 1.54) is 19.3 Å². The van der Waals surface area contributed by atoms with Gasteiger partial charge in [-0.3, -0.25) is 4.90 Å². The van der Waals surface area contributed by atoms with Gasteiger partial charge in [0.2, 0.25) is 0 Å². The second-order valence-electron chi connectivity index (χ2n) is 4.69. The molecule has 0 amide bonds. The van der Waals surface area contributed by atoms with Gasteiger partial charge in [-0.05, 0) is 51.1 Å². The first kappa shape index (κ1) is 9.02. The molecule has 1 heterocycles. The maximum absolute atomic E-state index is 9.30. The van der Waals surface area contributed by atoms with Crippen molar-refractivity contribution in [3.63, 3.8) is 0 Å². The van der Waals surface area contributed by atoms with Crippen molar-refractivity contribution in [2.45, 2.75) is 44.6 Å². The highest BCUT2D eigenvalue weighted by Gasteiger charge is 2.43. The molecule has 0 aromatic rings. The number of nitriles is 1. The summed E-state index contributed by atoms with van der Waals surface area (Å²) in [5.74, 6) is 0.750. The minimum Gasteiger partial charge on any atom is -0.286 e. The third-order valence-corrected chi connectivity index (χ3v) is 3.66. The average molecular weight is 178 g/mol. The Morgan fingerprint density at radius 3 is 2.54 bits per heavy atom. The third kappa shape index (κ3) is 1.46. The van der Waals surface area contributed by atoms with Crippen LogP contribution >= 0.6 is 0 Å². The standard InChI is InChI=1S/C11H18N2/c1-10-4-5-11(8-10,9-12)13-6-2-3-7-13/h10H,2-8H2,1H3. The first-order valence-corrected chi connectivity index (χ1v) is 5.43. The Morgan fingerprint density at radius 2 is 2.08 bits per heavy atom. The van der Waals surface area contributed by atoms with Crippen molar-refractivity contribution in [2.24, 2.45) is 5.92 Å². The largest absolute Gasteiger partial charge is 0.286 e. The highest BCUT2D eigenvalue weighted by molar-refractivity contribution is 5.13. The van der Waals surface area contributed by atoms with E-state index < -0.39 is 0 Å². The topological polar surface area (TPSA) is 27.0 Å². The number of hydrogen-bond donors (Lipinski definition) is 0. The van der Waals surface area contributed by atoms with E-state index in [1.54, 1.807) is 0 Å². The van der Waals surface area contributed by atoms with Crippen LogP contribution in [0.25, 0.3) is 0 Å². The fourth-order valence-corrected chi connectivity index (χ4v) is 2.87. The summed E-state index contributed by atoms with van der Waals surface area (Å²) in [7, 11) is 0. The van der Waals surface area contributed by atoms with E-state index in [4.69, 9.17) is 0 Å². The Kier molecular flexibility index (Phi) is 2.29. The average Bonchev–Trinajstić information content (AvgIpc) is 2.73. The van der Waals surface area contributed by atoms with Crippen LogP contribution in [0.5, 0.6) is 0 Å². The van der Waals surface area contributed by atoms with Gasteiger partial charge in [0, 0.05) is 0 Å². The van der Waals surface area contributed by atoms with E-state index in [0.29, 0.717) is 0 Å². The number of nitrogens with zero attached hydrogens (tertiary/aromatic N) is 2. The van der Waals surface area contributed by atoms with Crippen LogP contribution in [0.3, 0.4) is 0 Å². The van der Waals surface area contributed by atoms with Gasteiger partial charge in [-0.2, -0.15) is 5.26 Å². The number of rotatable bonds is 1. The van der Waals surface area contributed by atoms with Crippen LogP contribution in [-0.4, -0.2) is 23.5 Å². The fraction of sp³-hybridized carbons (Fsp3) is 0.909. The van der Waals surface area contributed by atoms with Crippen LogP contribution in [0.1, 0.15) is 39.0 Å². The van der Waals surface area contributed by atoms with Crippen molar-refractivity contribution in [3.05, 3.63) is 0 Å². The van der Waals surface area contributed by atoms with Gasteiger partial charge < -0.3 is 0 Å². The van der Waals surface area contributed by atoms with Crippen LogP contribution in [0.4, 0.5) is 0 Å². The van der Waals surface area contributed by atoms with Gasteiger partial charge in [0.25, 0.3) is 0 Å². The molecule has 2 atom stereocenters. The molecule has 0 aromatic heterocycles. The molecule has 13 heavy (non-hydrogen) atoms. The van der Waals surface area contributed by atoms with Gasteiger partial charge in [-0.15, -0.1) is 0 Å². The van der Waals surface area contributed by atoms with Gasteiger partial charge in [-0.25, -0.2) is 0 Å². The number of hydrogen-bond acceptors (Lipinski definition) is 2. The molecule has 2 fully saturated rings. The lowest BCUT2D eigenvalue weighted by molar-refractivity contribution is 0.175. The van der Waals surface area contributed by atoms with E-state index >= 15 is 0 Å². The Morgan fingerprint density at radius 1 is 1.38 bits per heavy atom. The van der Waals surface area contributed by atoms with Gasteiger partial charge in [0.05, 0.1) is 6.07 Å². The summed E-state index contributed by atoms with van der Waals surface area (Å²) < 4.78 is 0. The van der Waals surface area contributed by atoms with Crippen LogP contribution in [0, 0.1) is 17.2 Å². The second-order valence-corrected chi connectivity index (χ2v) is 4.69. The van der Waals surface area contributed by atoms with E-state index in [1.807, 2.05) is 0 Å². The second kappa shape index (κ2) is 3.31. The van der Waals surface area contributed by atoms with Crippen LogP contribution in [0.15, 0.2) is 0 Å². The minimum absolute atomic E-state index is 0.0735. The predicted octanol–water partition coefficient (Wildman–Crippen LogP) is 2.16. The van der Waals surface area contributed by atoms with Crippen molar-refractivity contribution in [2.75, 3.05) is 13.1 Å². The molecule has 2 nitrogen and oxygen atoms in total. The van der Waals surface area contributed by atoms with Gasteiger partial charge >= 0.3 is 0 Å². The van der Waals surface area contributed by atoms with Gasteiger partial charge in [0.1, 0.15) is 5.54 Å². The summed E-state index contributed by atoms with van der Waals surface area (Å²) in [5.41, 5.74) is -0.0735. The molecule has 0 radical (unpaired) electrons. The van der Waals surface area contributed by atoms with Crippen molar-refractivity contribution in [3.8, 4) is 6.07 Å². The molecule has 1 saturated heterocycles. The summed E-state index contributed by atoms with van der Waals surface area (Å²) in [5, 5.41) is 9.30. The molecule has 2 rings (SSSR count). The lowest BCUT2D eigenvalue weighted by atomic mass is 9.96. The molecule has 0 bridgehead atoms. The molecule has 0 aromatic carbocycles. The first-order valence-electron chi connectivity index (χ1n) is 5.43. The Hall–Kier alpha value is -0.550. The van der Waals surface area contributed by atoms with Crippen molar-refractivity contribution >= 4 is 0 Å². The molecular weight excluding hydrogens is 160 g/mol. The van der Waals surface area contributed by atoms with Crippen molar-refractivity contribution < 1.29 is 0 Å². The van der Waals surface area contributed by atoms with Crippen LogP contribution < -0.4 is 0 Å². The fourth-order valence-electron chi connectivity index (χ4n) is 2.87. The Balaban J connectivity index is 2.11. The SMILES string of the molecule is CC1CCC(C#N)(N2CCCC2)C1. The van der Waals surface area contributed by atoms with Crippen LogP contribution in [-0.2, 0) is 0 Å². The highest BCUT2D eigenvalue weighted by Crippen LogP contribution is 2.39. The maximum atomic E-state index is 9.30. The molecule has 1 saturated carbocycles. The lowest BCUT2D eigenvalue weighted by Crippen LogP contribution is -2.43. The molecule has 0 N–H and O–H groups in total. The third-order valence-electron chi connectivity index (χ3n) is 3.66. The zero-order valence-electron chi connectivity index (χ0n) is 8.42. The highest BCUT2D eigenvalue weighted by atomic mass is 15.2. The van der Waals surface area contributed by atoms with E-state index in [-0.39, 0.29) is 5.54 Å². The smallest absolute Gasteiger partial charge is 0.109 e. The zero-order valence-corrected chi connectivity index (χ0v) is 8.42. The predicted molar refractivity (Wildman–Crippen MR) is 52.2 cm³/mol. The molecule has 1 aliphatic heterocycles. The van der Waals surface area contributed by atoms with Gasteiger partial charge in [0.15, 0.2) is 0 Å². The Bertz CT molecular complexity index is 225. The summed E-state index contributed by atoms with van der Waals surface area (Å²) in [6.07, 6.45) is 6.02. The molecule has 2 heteroatoms. The normalized spacial score (nSPS) is 40.8. The summed E-state index contributed by atoms with van der Waals surface area (Å²) in [6.45, 7) is 4.58. The van der Waals surface area contributed by atoms with E-state index in [0.717, 1.165) is 31.8 Å². The van der Waals surface area contributed by atoms with Crippen molar-refractivity contribution in [1.82, 2.24) is 4.90 Å². The monoisotopic (exact) mass is 178 g/mol. The van der Waals surface area contributed by atoms with Gasteiger partial charge in [-0.1, -0.05) is 6.92 Å². The lowest BCUT2D eigenvalue weighted by Gasteiger charge is -2.32. The molecule has 2 unspecified atom stereocenters. The summed E-state index contributed by atoms with van der Waals surface area (Å²) >= 11 is 0. The number of likely N-dealkylation sites (tertiary alicyclic amines) is 1. The molecule has 2 aliphatic rings. The first-order chi connectivity index (χ1) is 6.27. The van der Waals surface area contributed by atoms with Crippen LogP contribution in [0.2, 0.25) is 0 Å². The zero-order chi connectivity index (χ0) is 9.31. The molecule has 72 valence electrons. The Labute approximate surface area is 80.5 Å². The summed E-state index contributed by atoms with van der Waals surface area (Å²) in [4.78, 5) is 2.43. The molecule has 0 spiro atoms. The van der Waals surface area contributed by atoms with E-state index in [9.17, 15) is 5.26 Å². The van der Waals surface area contributed by atoms with E-state index in [2.05, 4.69) is 17.9 Å².